The highest BCUT2D eigenvalue weighted by Gasteiger charge is 2.36. The summed E-state index contributed by atoms with van der Waals surface area (Å²) in [5.41, 5.74) is 1.17. The van der Waals surface area contributed by atoms with Crippen molar-refractivity contribution in [3.8, 4) is 0 Å². The zero-order valence-electron chi connectivity index (χ0n) is 10.5. The van der Waals surface area contributed by atoms with E-state index in [1.807, 2.05) is 28.0 Å². The van der Waals surface area contributed by atoms with E-state index in [1.165, 1.54) is 5.56 Å². The summed E-state index contributed by atoms with van der Waals surface area (Å²) in [6.45, 7) is 9.30. The molecular weight excluding hydrogens is 224 g/mol. The van der Waals surface area contributed by atoms with Crippen LogP contribution in [-0.4, -0.2) is 35.5 Å². The average Bonchev–Trinajstić information content (AvgIpc) is 2.70. The topological polar surface area (TPSA) is 23.6 Å². The molecule has 3 heteroatoms. The molecule has 0 spiro atoms. The second-order valence-corrected chi connectivity index (χ2v) is 4.34. The summed E-state index contributed by atoms with van der Waals surface area (Å²) in [5, 5.41) is 0. The number of carbonyl (C=O) groups is 1. The van der Waals surface area contributed by atoms with Gasteiger partial charge >= 0.3 is 6.03 Å². The molecule has 3 nitrogen and oxygen atoms in total. The van der Waals surface area contributed by atoms with E-state index >= 15 is 0 Å². The Balaban J connectivity index is 2.25. The molecule has 1 saturated heterocycles. The molecule has 1 aliphatic rings. The lowest BCUT2D eigenvalue weighted by Gasteiger charge is -2.21. The van der Waals surface area contributed by atoms with Crippen LogP contribution in [0.2, 0.25) is 0 Å². The number of nitrogens with zero attached hydrogens (tertiary/aromatic N) is 2. The van der Waals surface area contributed by atoms with Crippen LogP contribution >= 0.6 is 0 Å². The van der Waals surface area contributed by atoms with Crippen LogP contribution in [0.5, 0.6) is 0 Å². The molecule has 0 aromatic heterocycles. The maximum absolute atomic E-state index is 12.2. The quantitative estimate of drug-likeness (QED) is 0.728. The molecule has 2 amide bonds. The van der Waals surface area contributed by atoms with Crippen LogP contribution in [0.1, 0.15) is 11.6 Å². The molecule has 2 rings (SSSR count). The standard InChI is InChI=1S/C15H18N2O/c1-3-10-16-12-14(13-8-6-5-7-9-13)17(11-4-2)15(16)18/h3-9,14H,1-2,10-12H2. The van der Waals surface area contributed by atoms with Crippen LogP contribution in [0.4, 0.5) is 4.79 Å². The summed E-state index contributed by atoms with van der Waals surface area (Å²) in [7, 11) is 0. The Bertz CT molecular complexity index is 441. The maximum atomic E-state index is 12.2. The highest BCUT2D eigenvalue weighted by atomic mass is 16.2. The van der Waals surface area contributed by atoms with Crippen LogP contribution in [-0.2, 0) is 0 Å². The minimum Gasteiger partial charge on any atom is -0.318 e. The van der Waals surface area contributed by atoms with Gasteiger partial charge in [-0.25, -0.2) is 4.79 Å². The summed E-state index contributed by atoms with van der Waals surface area (Å²) in [6.07, 6.45) is 3.53. The fourth-order valence-corrected chi connectivity index (χ4v) is 2.31. The van der Waals surface area contributed by atoms with Gasteiger partial charge in [-0.05, 0) is 5.56 Å². The summed E-state index contributed by atoms with van der Waals surface area (Å²) < 4.78 is 0. The van der Waals surface area contributed by atoms with Crippen molar-refractivity contribution in [2.45, 2.75) is 6.04 Å². The van der Waals surface area contributed by atoms with Crippen molar-refractivity contribution in [2.24, 2.45) is 0 Å². The molecule has 18 heavy (non-hydrogen) atoms. The number of benzene rings is 1. The van der Waals surface area contributed by atoms with Crippen molar-refractivity contribution in [1.82, 2.24) is 9.80 Å². The smallest absolute Gasteiger partial charge is 0.318 e. The summed E-state index contributed by atoms with van der Waals surface area (Å²) in [4.78, 5) is 15.9. The van der Waals surface area contributed by atoms with Gasteiger partial charge in [-0.2, -0.15) is 0 Å². The van der Waals surface area contributed by atoms with E-state index in [2.05, 4.69) is 25.3 Å². The number of amides is 2. The molecule has 1 atom stereocenters. The largest absolute Gasteiger partial charge is 0.321 e. The monoisotopic (exact) mass is 242 g/mol. The Hall–Kier alpha value is -2.03. The first kappa shape index (κ1) is 12.4. The molecule has 0 saturated carbocycles. The predicted molar refractivity (Wildman–Crippen MR) is 73.3 cm³/mol. The van der Waals surface area contributed by atoms with Crippen molar-refractivity contribution in [3.05, 3.63) is 61.2 Å². The molecular formula is C15H18N2O. The zero-order chi connectivity index (χ0) is 13.0. The lowest BCUT2D eigenvalue weighted by molar-refractivity contribution is 0.194. The van der Waals surface area contributed by atoms with E-state index in [0.29, 0.717) is 19.6 Å². The number of rotatable bonds is 5. The number of urea groups is 1. The fraction of sp³-hybridized carbons (Fsp3) is 0.267. The lowest BCUT2D eigenvalue weighted by Crippen LogP contribution is -2.32. The molecule has 0 radical (unpaired) electrons. The Morgan fingerprint density at radius 1 is 1.17 bits per heavy atom. The van der Waals surface area contributed by atoms with Crippen molar-refractivity contribution in [1.29, 1.82) is 0 Å². The molecule has 1 aromatic carbocycles. The van der Waals surface area contributed by atoms with Gasteiger partial charge in [0.05, 0.1) is 6.04 Å². The van der Waals surface area contributed by atoms with Crippen LogP contribution < -0.4 is 0 Å². The SMILES string of the molecule is C=CCN1CC(c2ccccc2)N(CC=C)C1=O. The third kappa shape index (κ3) is 2.30. The minimum atomic E-state index is 0.0589. The summed E-state index contributed by atoms with van der Waals surface area (Å²) in [6, 6.07) is 10.3. The van der Waals surface area contributed by atoms with Crippen LogP contribution in [0.25, 0.3) is 0 Å². The molecule has 1 heterocycles. The van der Waals surface area contributed by atoms with E-state index in [9.17, 15) is 4.79 Å². The first-order valence-corrected chi connectivity index (χ1v) is 6.10. The Morgan fingerprint density at radius 2 is 1.83 bits per heavy atom. The van der Waals surface area contributed by atoms with Crippen LogP contribution in [0.15, 0.2) is 55.6 Å². The molecule has 1 fully saturated rings. The highest BCUT2D eigenvalue weighted by molar-refractivity contribution is 5.78. The third-order valence-electron chi connectivity index (χ3n) is 3.15. The van der Waals surface area contributed by atoms with Crippen LogP contribution in [0, 0.1) is 0 Å². The minimum absolute atomic E-state index is 0.0589. The van der Waals surface area contributed by atoms with E-state index in [1.54, 1.807) is 12.2 Å². The van der Waals surface area contributed by atoms with Crippen LogP contribution in [0.3, 0.4) is 0 Å². The van der Waals surface area contributed by atoms with Gasteiger partial charge in [0.1, 0.15) is 0 Å². The van der Waals surface area contributed by atoms with Crippen molar-refractivity contribution >= 4 is 6.03 Å². The fourth-order valence-electron chi connectivity index (χ4n) is 2.31. The summed E-state index contributed by atoms with van der Waals surface area (Å²) >= 11 is 0. The second kappa shape index (κ2) is 5.54. The normalized spacial score (nSPS) is 19.1. The third-order valence-corrected chi connectivity index (χ3v) is 3.15. The van der Waals surface area contributed by atoms with Gasteiger partial charge in [0.15, 0.2) is 0 Å². The first-order chi connectivity index (χ1) is 8.77. The van der Waals surface area contributed by atoms with Gasteiger partial charge < -0.3 is 9.80 Å². The molecule has 0 aliphatic carbocycles. The van der Waals surface area contributed by atoms with Gasteiger partial charge in [-0.3, -0.25) is 0 Å². The van der Waals surface area contributed by atoms with E-state index in [4.69, 9.17) is 0 Å². The predicted octanol–water partition coefficient (Wildman–Crippen LogP) is 2.84. The van der Waals surface area contributed by atoms with E-state index in [-0.39, 0.29) is 12.1 Å². The number of carbonyl (C=O) groups excluding carboxylic acids is 1. The highest BCUT2D eigenvalue weighted by Crippen LogP contribution is 2.29. The molecule has 0 bridgehead atoms. The van der Waals surface area contributed by atoms with Gasteiger partial charge in [0, 0.05) is 19.6 Å². The molecule has 1 aromatic rings. The molecule has 0 N–H and O–H groups in total. The van der Waals surface area contributed by atoms with Gasteiger partial charge in [-0.1, -0.05) is 42.5 Å². The van der Waals surface area contributed by atoms with E-state index in [0.717, 1.165) is 0 Å². The number of hydrogen-bond acceptors (Lipinski definition) is 1. The van der Waals surface area contributed by atoms with Crippen molar-refractivity contribution < 1.29 is 4.79 Å². The zero-order valence-corrected chi connectivity index (χ0v) is 10.5. The average molecular weight is 242 g/mol. The Morgan fingerprint density at radius 3 is 2.44 bits per heavy atom. The van der Waals surface area contributed by atoms with Crippen molar-refractivity contribution in [3.63, 3.8) is 0 Å². The Kier molecular flexibility index (Phi) is 3.82. The summed E-state index contributed by atoms with van der Waals surface area (Å²) in [5.74, 6) is 0. The lowest BCUT2D eigenvalue weighted by atomic mass is 10.1. The molecule has 1 unspecified atom stereocenters. The van der Waals surface area contributed by atoms with Crippen molar-refractivity contribution in [2.75, 3.05) is 19.6 Å². The second-order valence-electron chi connectivity index (χ2n) is 4.34. The van der Waals surface area contributed by atoms with Gasteiger partial charge in [0.25, 0.3) is 0 Å². The van der Waals surface area contributed by atoms with Gasteiger partial charge in [-0.15, -0.1) is 13.2 Å². The van der Waals surface area contributed by atoms with Gasteiger partial charge in [0.2, 0.25) is 0 Å². The molecule has 1 aliphatic heterocycles. The van der Waals surface area contributed by atoms with E-state index < -0.39 is 0 Å². The maximum Gasteiger partial charge on any atom is 0.321 e. The molecule has 94 valence electrons. The Labute approximate surface area is 108 Å². The first-order valence-electron chi connectivity index (χ1n) is 6.10. The number of hydrogen-bond donors (Lipinski definition) is 0.